The van der Waals surface area contributed by atoms with Gasteiger partial charge in [-0.15, -0.1) is 0 Å². The molecule has 0 bridgehead atoms. The molecule has 0 aromatic heterocycles. The van der Waals surface area contributed by atoms with Crippen molar-refractivity contribution in [2.24, 2.45) is 0 Å². The number of alkyl halides is 12. The van der Waals surface area contributed by atoms with E-state index in [1.807, 2.05) is 5.32 Å². The molecule has 2 amide bonds. The van der Waals surface area contributed by atoms with E-state index in [-0.39, 0.29) is 28.7 Å². The summed E-state index contributed by atoms with van der Waals surface area (Å²) in [6.45, 7) is -0.306. The summed E-state index contributed by atoms with van der Waals surface area (Å²) in [7, 11) is 3.08. The molecule has 2 N–H and O–H groups in total. The second-order valence-electron chi connectivity index (χ2n) is 10.7. The lowest BCUT2D eigenvalue weighted by atomic mass is 9.87. The standard InChI is InChI=1S/C26H25F12N3O/c1-41(2,13-14-7-15(23(27,28)29)9-16(8-14)24(30,31)32)21-6-4-3-5-20(21)40-22(42)39-19-11-17(25(33,34)35)10-18(12-19)26(36,37)38/h7-12,20-21H,3-6,13H2,1-2H3,(H-,39,40,42)/p+1/t20-,21-/m0/s1. The van der Waals surface area contributed by atoms with Gasteiger partial charge in [0.1, 0.15) is 12.6 Å². The fourth-order valence-corrected chi connectivity index (χ4v) is 5.18. The Kier molecular flexibility index (Phi) is 9.12. The number of hydrogen-bond acceptors (Lipinski definition) is 1. The third-order valence-electron chi connectivity index (χ3n) is 7.03. The van der Waals surface area contributed by atoms with Gasteiger partial charge in [0.25, 0.3) is 0 Å². The first kappa shape index (κ1) is 33.3. The normalized spacial score (nSPS) is 19.0. The van der Waals surface area contributed by atoms with Gasteiger partial charge in [0.15, 0.2) is 0 Å². The SMILES string of the molecule is C[N+](C)(Cc1cc(C(F)(F)F)cc(C(F)(F)F)c1)[C@H]1CCCC[C@@H]1NC(=O)Nc1cc(C(F)(F)F)cc(C(F)(F)F)c1. The third-order valence-corrected chi connectivity index (χ3v) is 7.03. The maximum Gasteiger partial charge on any atom is 0.416 e. The highest BCUT2D eigenvalue weighted by atomic mass is 19.4. The quantitative estimate of drug-likeness (QED) is 0.254. The van der Waals surface area contributed by atoms with Crippen LogP contribution >= 0.6 is 0 Å². The molecule has 0 aliphatic heterocycles. The second-order valence-corrected chi connectivity index (χ2v) is 10.7. The van der Waals surface area contributed by atoms with Crippen molar-refractivity contribution in [2.75, 3.05) is 19.4 Å². The van der Waals surface area contributed by atoms with E-state index in [9.17, 15) is 57.5 Å². The predicted molar refractivity (Wildman–Crippen MR) is 127 cm³/mol. The van der Waals surface area contributed by atoms with Gasteiger partial charge >= 0.3 is 30.7 Å². The highest BCUT2D eigenvalue weighted by Crippen LogP contribution is 2.39. The zero-order valence-corrected chi connectivity index (χ0v) is 22.0. The predicted octanol–water partition coefficient (Wildman–Crippen LogP) is 8.47. The second kappa shape index (κ2) is 11.5. The first-order chi connectivity index (χ1) is 19.0. The monoisotopic (exact) mass is 624 g/mol. The van der Waals surface area contributed by atoms with Crippen LogP contribution in [0.5, 0.6) is 0 Å². The van der Waals surface area contributed by atoms with Crippen molar-refractivity contribution < 1.29 is 62.0 Å². The number of carbonyl (C=O) groups is 1. The van der Waals surface area contributed by atoms with Crippen molar-refractivity contribution in [3.63, 3.8) is 0 Å². The topological polar surface area (TPSA) is 41.1 Å². The zero-order chi connectivity index (χ0) is 31.9. The number of carbonyl (C=O) groups excluding carboxylic acids is 1. The molecule has 2 aromatic carbocycles. The van der Waals surface area contributed by atoms with Gasteiger partial charge in [-0.25, -0.2) is 4.79 Å². The molecule has 0 radical (unpaired) electrons. The Bertz CT molecular complexity index is 1210. The Labute approximate surface area is 232 Å². The van der Waals surface area contributed by atoms with Crippen molar-refractivity contribution in [2.45, 2.75) is 69.0 Å². The molecule has 234 valence electrons. The summed E-state index contributed by atoms with van der Waals surface area (Å²) in [6, 6.07) is -0.654. The number of nitrogens with one attached hydrogen (secondary N) is 2. The molecular weight excluding hydrogens is 598 g/mol. The van der Waals surface area contributed by atoms with Crippen molar-refractivity contribution in [1.82, 2.24) is 5.32 Å². The number of halogens is 12. The van der Waals surface area contributed by atoms with Crippen molar-refractivity contribution in [3.8, 4) is 0 Å². The molecule has 1 aliphatic carbocycles. The lowest BCUT2D eigenvalue weighted by Gasteiger charge is -2.44. The van der Waals surface area contributed by atoms with E-state index >= 15 is 0 Å². The van der Waals surface area contributed by atoms with E-state index in [1.54, 1.807) is 14.1 Å². The molecule has 1 aliphatic rings. The van der Waals surface area contributed by atoms with Gasteiger partial charge in [-0.05, 0) is 49.2 Å². The number of rotatable bonds is 5. The Balaban J connectivity index is 1.85. The van der Waals surface area contributed by atoms with E-state index in [4.69, 9.17) is 0 Å². The van der Waals surface area contributed by atoms with E-state index < -0.39 is 70.8 Å². The minimum atomic E-state index is -5.14. The number of amides is 2. The molecule has 1 saturated carbocycles. The summed E-state index contributed by atoms with van der Waals surface area (Å²) < 4.78 is 159. The summed E-state index contributed by atoms with van der Waals surface area (Å²) in [5, 5.41) is 4.49. The molecule has 0 heterocycles. The average molecular weight is 624 g/mol. The van der Waals surface area contributed by atoms with Gasteiger partial charge in [0.2, 0.25) is 0 Å². The van der Waals surface area contributed by atoms with E-state index in [0.717, 1.165) is 0 Å². The molecule has 2 atom stereocenters. The molecule has 0 spiro atoms. The van der Waals surface area contributed by atoms with Crippen LogP contribution in [0.25, 0.3) is 0 Å². The molecule has 16 heteroatoms. The fourth-order valence-electron chi connectivity index (χ4n) is 5.18. The highest BCUT2D eigenvalue weighted by Gasteiger charge is 2.42. The van der Waals surface area contributed by atoms with Crippen molar-refractivity contribution >= 4 is 11.7 Å². The largest absolute Gasteiger partial charge is 0.416 e. The fraction of sp³-hybridized carbons (Fsp3) is 0.500. The molecule has 4 nitrogen and oxygen atoms in total. The van der Waals surface area contributed by atoms with Crippen LogP contribution in [0.1, 0.15) is 53.5 Å². The third kappa shape index (κ3) is 8.44. The Morgan fingerprint density at radius 3 is 1.52 bits per heavy atom. The van der Waals surface area contributed by atoms with Crippen LogP contribution in [-0.4, -0.2) is 36.7 Å². The molecule has 2 aromatic rings. The number of hydrogen-bond donors (Lipinski definition) is 2. The summed E-state index contributed by atoms with van der Waals surface area (Å²) in [5.41, 5.74) is -7.28. The zero-order valence-electron chi connectivity index (χ0n) is 22.0. The van der Waals surface area contributed by atoms with Crippen LogP contribution < -0.4 is 10.6 Å². The van der Waals surface area contributed by atoms with Gasteiger partial charge in [-0.2, -0.15) is 52.7 Å². The summed E-state index contributed by atoms with van der Waals surface area (Å²) in [6.07, 6.45) is -18.5. The van der Waals surface area contributed by atoms with Gasteiger partial charge in [0.05, 0.1) is 42.4 Å². The van der Waals surface area contributed by atoms with Gasteiger partial charge in [0, 0.05) is 17.7 Å². The minimum Gasteiger partial charge on any atom is -0.329 e. The van der Waals surface area contributed by atoms with Crippen LogP contribution in [0.4, 0.5) is 63.2 Å². The van der Waals surface area contributed by atoms with Crippen LogP contribution in [0.15, 0.2) is 36.4 Å². The molecule has 0 saturated heterocycles. The minimum absolute atomic E-state index is 0.0107. The maximum atomic E-state index is 13.3. The Morgan fingerprint density at radius 1 is 0.690 bits per heavy atom. The molecule has 42 heavy (non-hydrogen) atoms. The average Bonchev–Trinajstić information content (AvgIpc) is 2.81. The molecular formula is C26H26F12N3O+. The number of likely N-dealkylation sites (N-methyl/N-ethyl adjacent to an activating group) is 1. The first-order valence-corrected chi connectivity index (χ1v) is 12.4. The summed E-state index contributed by atoms with van der Waals surface area (Å²) in [5.74, 6) is 0. The maximum absolute atomic E-state index is 13.3. The van der Waals surface area contributed by atoms with E-state index in [1.165, 1.54) is 0 Å². The Morgan fingerprint density at radius 2 is 1.10 bits per heavy atom. The molecule has 0 unspecified atom stereocenters. The van der Waals surface area contributed by atoms with Crippen molar-refractivity contribution in [3.05, 3.63) is 64.2 Å². The van der Waals surface area contributed by atoms with Crippen LogP contribution in [0.2, 0.25) is 0 Å². The summed E-state index contributed by atoms with van der Waals surface area (Å²) in [4.78, 5) is 12.7. The first-order valence-electron chi connectivity index (χ1n) is 12.4. The van der Waals surface area contributed by atoms with E-state index in [2.05, 4.69) is 5.32 Å². The number of benzene rings is 2. The van der Waals surface area contributed by atoms with Crippen LogP contribution in [-0.2, 0) is 31.2 Å². The van der Waals surface area contributed by atoms with Crippen LogP contribution in [0, 0.1) is 0 Å². The smallest absolute Gasteiger partial charge is 0.329 e. The van der Waals surface area contributed by atoms with Crippen molar-refractivity contribution in [1.29, 1.82) is 0 Å². The van der Waals surface area contributed by atoms with Crippen LogP contribution in [0.3, 0.4) is 0 Å². The van der Waals surface area contributed by atoms with E-state index in [0.29, 0.717) is 49.9 Å². The van der Waals surface area contributed by atoms with Gasteiger partial charge in [-0.3, -0.25) is 0 Å². The number of anilines is 1. The molecule has 3 rings (SSSR count). The Hall–Kier alpha value is -3.17. The summed E-state index contributed by atoms with van der Waals surface area (Å²) >= 11 is 0. The number of nitrogens with zero attached hydrogens (tertiary/aromatic N) is 1. The number of quaternary nitrogens is 1. The highest BCUT2D eigenvalue weighted by molar-refractivity contribution is 5.89. The number of urea groups is 1. The van der Waals surface area contributed by atoms with Gasteiger partial charge < -0.3 is 15.1 Å². The lowest BCUT2D eigenvalue weighted by Crippen LogP contribution is -2.60. The molecule has 1 fully saturated rings. The lowest BCUT2D eigenvalue weighted by molar-refractivity contribution is -0.930. The van der Waals surface area contributed by atoms with Gasteiger partial charge in [-0.1, -0.05) is 6.42 Å².